The van der Waals surface area contributed by atoms with Crippen molar-refractivity contribution in [3.8, 4) is 5.75 Å². The molecule has 4 heterocycles. The fourth-order valence-corrected chi connectivity index (χ4v) is 6.52. The van der Waals surface area contributed by atoms with Crippen molar-refractivity contribution < 1.29 is 28.6 Å². The molecule has 15 heteroatoms. The number of piperazine rings is 1. The molecule has 2 aliphatic rings. The minimum atomic E-state index is -0.155. The summed E-state index contributed by atoms with van der Waals surface area (Å²) >= 11 is 0. The molecule has 3 amide bonds. The van der Waals surface area contributed by atoms with Crippen LogP contribution in [0.1, 0.15) is 50.2 Å². The second-order valence-corrected chi connectivity index (χ2v) is 13.4. The second-order valence-electron chi connectivity index (χ2n) is 13.4. The zero-order chi connectivity index (χ0) is 38.3. The monoisotopic (exact) mass is 745 g/mol. The zero-order valence-electron chi connectivity index (χ0n) is 31.7. The molecule has 1 saturated heterocycles. The number of rotatable bonds is 22. The van der Waals surface area contributed by atoms with Crippen LogP contribution in [0.25, 0.3) is 11.0 Å². The molecule has 2 aliphatic heterocycles. The molecule has 2 aromatic heterocycles. The van der Waals surface area contributed by atoms with Gasteiger partial charge in [-0.05, 0) is 30.2 Å². The molecule has 0 bridgehead atoms. The van der Waals surface area contributed by atoms with E-state index in [0.29, 0.717) is 71.3 Å². The van der Waals surface area contributed by atoms with Gasteiger partial charge in [-0.3, -0.25) is 19.3 Å². The SMILES string of the molecule is C=C1C=CC(=O)N1CCC(=O)NCCOCCOCCC(=O)N1CCN(Cc2ccc(Cn3ccc4nc(N)nc(NCCCCC)c43)c(OC)c2)CC1. The Morgan fingerprint density at radius 3 is 2.48 bits per heavy atom. The molecule has 0 saturated carbocycles. The molecule has 4 N–H and O–H groups in total. The molecular formula is C39H55N9O6. The first kappa shape index (κ1) is 40.2. The van der Waals surface area contributed by atoms with Crippen molar-refractivity contribution in [3.63, 3.8) is 0 Å². The number of unbranched alkanes of at least 4 members (excludes halogenated alkanes) is 2. The third kappa shape index (κ3) is 11.5. The Bertz CT molecular complexity index is 1750. The minimum absolute atomic E-state index is 0.0872. The van der Waals surface area contributed by atoms with Gasteiger partial charge in [0.25, 0.3) is 5.91 Å². The molecule has 292 valence electrons. The summed E-state index contributed by atoms with van der Waals surface area (Å²) in [5, 5.41) is 6.23. The molecule has 1 fully saturated rings. The number of allylic oxidation sites excluding steroid dienone is 1. The van der Waals surface area contributed by atoms with Gasteiger partial charge in [0, 0.05) is 82.3 Å². The summed E-state index contributed by atoms with van der Waals surface area (Å²) in [4.78, 5) is 51.2. The maximum atomic E-state index is 12.8. The summed E-state index contributed by atoms with van der Waals surface area (Å²) in [6, 6.07) is 8.33. The van der Waals surface area contributed by atoms with Crippen LogP contribution in [0, 0.1) is 0 Å². The van der Waals surface area contributed by atoms with E-state index in [2.05, 4.69) is 61.8 Å². The van der Waals surface area contributed by atoms with Crippen molar-refractivity contribution in [1.82, 2.24) is 34.6 Å². The van der Waals surface area contributed by atoms with Crippen LogP contribution in [0.4, 0.5) is 11.8 Å². The normalized spacial score (nSPS) is 14.7. The molecule has 0 spiro atoms. The Balaban J connectivity index is 0.964. The average molecular weight is 746 g/mol. The minimum Gasteiger partial charge on any atom is -0.496 e. The van der Waals surface area contributed by atoms with Gasteiger partial charge < -0.3 is 44.9 Å². The first-order chi connectivity index (χ1) is 26.2. The largest absolute Gasteiger partial charge is 0.496 e. The summed E-state index contributed by atoms with van der Waals surface area (Å²) in [6.07, 6.45) is 8.97. The van der Waals surface area contributed by atoms with Crippen LogP contribution < -0.4 is 21.1 Å². The number of methoxy groups -OCH3 is 1. The molecular weight excluding hydrogens is 690 g/mol. The number of anilines is 2. The van der Waals surface area contributed by atoms with E-state index in [-0.39, 0.29) is 30.1 Å². The number of amides is 3. The smallest absolute Gasteiger partial charge is 0.251 e. The van der Waals surface area contributed by atoms with Crippen molar-refractivity contribution in [1.29, 1.82) is 0 Å². The summed E-state index contributed by atoms with van der Waals surface area (Å²) in [5.74, 6) is 1.60. The van der Waals surface area contributed by atoms with Gasteiger partial charge in [0.2, 0.25) is 17.8 Å². The van der Waals surface area contributed by atoms with Gasteiger partial charge in [-0.25, -0.2) is 4.98 Å². The number of carbonyl (C=O) groups excluding carboxylic acids is 3. The predicted molar refractivity (Wildman–Crippen MR) is 208 cm³/mol. The van der Waals surface area contributed by atoms with E-state index in [0.717, 1.165) is 79.2 Å². The highest BCUT2D eigenvalue weighted by Crippen LogP contribution is 2.28. The van der Waals surface area contributed by atoms with E-state index in [1.165, 1.54) is 11.0 Å². The zero-order valence-corrected chi connectivity index (χ0v) is 31.7. The molecule has 0 radical (unpaired) electrons. The number of fused-ring (bicyclic) bond motifs is 1. The maximum absolute atomic E-state index is 12.8. The van der Waals surface area contributed by atoms with E-state index in [1.54, 1.807) is 13.2 Å². The van der Waals surface area contributed by atoms with Gasteiger partial charge >= 0.3 is 0 Å². The van der Waals surface area contributed by atoms with Crippen LogP contribution in [0.15, 0.2) is 54.9 Å². The van der Waals surface area contributed by atoms with Crippen molar-refractivity contribution in [2.45, 2.75) is 52.1 Å². The van der Waals surface area contributed by atoms with Crippen LogP contribution in [0.3, 0.4) is 0 Å². The van der Waals surface area contributed by atoms with E-state index in [1.807, 2.05) is 17.2 Å². The number of hydrogen-bond acceptors (Lipinski definition) is 11. The molecule has 15 nitrogen and oxygen atoms in total. The lowest BCUT2D eigenvalue weighted by molar-refractivity contribution is -0.134. The predicted octanol–water partition coefficient (Wildman–Crippen LogP) is 3.16. The number of nitrogen functional groups attached to an aromatic ring is 1. The molecule has 5 rings (SSSR count). The Kier molecular flexibility index (Phi) is 15.2. The molecule has 1 aromatic carbocycles. The standard InChI is InChI=1S/C39H55N9O6/c1-4-5-6-14-42-38-37-32(43-39(40)44-38)11-16-47(37)28-31-9-8-30(26-33(31)52-3)27-45-18-20-46(21-19-45)35(50)13-22-53-24-25-54-23-15-41-34(49)12-17-48-29(2)7-10-36(48)51/h7-11,16,26H,2,4-6,12-15,17-25,27-28H2,1,3H3,(H,41,49)(H3,40,42,43,44). The van der Waals surface area contributed by atoms with Crippen LogP contribution in [-0.2, 0) is 36.9 Å². The quantitative estimate of drug-likeness (QED) is 0.129. The summed E-state index contributed by atoms with van der Waals surface area (Å²) in [7, 11) is 1.70. The highest BCUT2D eigenvalue weighted by Gasteiger charge is 2.22. The Morgan fingerprint density at radius 2 is 1.74 bits per heavy atom. The number of aromatic nitrogens is 3. The van der Waals surface area contributed by atoms with Gasteiger partial charge in [0.15, 0.2) is 5.82 Å². The Morgan fingerprint density at radius 1 is 0.944 bits per heavy atom. The third-order valence-corrected chi connectivity index (χ3v) is 9.52. The number of carbonyl (C=O) groups is 3. The third-order valence-electron chi connectivity index (χ3n) is 9.52. The van der Waals surface area contributed by atoms with Crippen LogP contribution in [-0.4, -0.2) is 126 Å². The van der Waals surface area contributed by atoms with E-state index >= 15 is 0 Å². The number of nitrogens with one attached hydrogen (secondary N) is 2. The number of ether oxygens (including phenoxy) is 3. The maximum Gasteiger partial charge on any atom is 0.251 e. The highest BCUT2D eigenvalue weighted by molar-refractivity contribution is 5.93. The van der Waals surface area contributed by atoms with E-state index in [9.17, 15) is 14.4 Å². The Hall–Kier alpha value is -4.99. The van der Waals surface area contributed by atoms with Gasteiger partial charge in [-0.2, -0.15) is 4.98 Å². The topological polar surface area (TPSA) is 169 Å². The second kappa shape index (κ2) is 20.5. The molecule has 0 unspecified atom stereocenters. The lowest BCUT2D eigenvalue weighted by Crippen LogP contribution is -2.48. The fourth-order valence-electron chi connectivity index (χ4n) is 6.52. The van der Waals surface area contributed by atoms with Crippen molar-refractivity contribution in [2.24, 2.45) is 0 Å². The Labute approximate surface area is 317 Å². The summed E-state index contributed by atoms with van der Waals surface area (Å²) in [6.45, 7) is 13.2. The van der Waals surface area contributed by atoms with Gasteiger partial charge in [-0.15, -0.1) is 0 Å². The van der Waals surface area contributed by atoms with Crippen molar-refractivity contribution >= 4 is 40.5 Å². The molecule has 0 atom stereocenters. The van der Waals surface area contributed by atoms with Crippen molar-refractivity contribution in [3.05, 3.63) is 66.0 Å². The lowest BCUT2D eigenvalue weighted by Gasteiger charge is -2.35. The van der Waals surface area contributed by atoms with Crippen LogP contribution in [0.5, 0.6) is 5.75 Å². The highest BCUT2D eigenvalue weighted by atomic mass is 16.5. The van der Waals surface area contributed by atoms with Gasteiger partial charge in [-0.1, -0.05) is 38.5 Å². The van der Waals surface area contributed by atoms with Crippen LogP contribution in [0.2, 0.25) is 0 Å². The number of nitrogens with zero attached hydrogens (tertiary/aromatic N) is 6. The lowest BCUT2D eigenvalue weighted by atomic mass is 10.1. The fraction of sp³-hybridized carbons (Fsp3) is 0.513. The summed E-state index contributed by atoms with van der Waals surface area (Å²) in [5.41, 5.74) is 10.5. The number of hydrogen-bond donors (Lipinski definition) is 3. The summed E-state index contributed by atoms with van der Waals surface area (Å²) < 4.78 is 19.1. The average Bonchev–Trinajstić information content (AvgIpc) is 3.72. The molecule has 54 heavy (non-hydrogen) atoms. The number of nitrogens with two attached hydrogens (primary N) is 1. The molecule has 3 aromatic rings. The first-order valence-corrected chi connectivity index (χ1v) is 18.9. The van der Waals surface area contributed by atoms with Gasteiger partial charge in [0.1, 0.15) is 11.3 Å². The number of benzene rings is 1. The van der Waals surface area contributed by atoms with Crippen LogP contribution >= 0.6 is 0 Å². The van der Waals surface area contributed by atoms with Crippen molar-refractivity contribution in [2.75, 3.05) is 90.4 Å². The van der Waals surface area contributed by atoms with Gasteiger partial charge in [0.05, 0.1) is 52.0 Å². The van der Waals surface area contributed by atoms with E-state index in [4.69, 9.17) is 19.9 Å². The van der Waals surface area contributed by atoms with E-state index < -0.39 is 0 Å². The molecule has 0 aliphatic carbocycles. The first-order valence-electron chi connectivity index (χ1n) is 18.9.